The van der Waals surface area contributed by atoms with Gasteiger partial charge in [-0.05, 0) is 49.9 Å². The number of nitrogen functional groups attached to an aromatic ring is 1. The Kier molecular flexibility index (Phi) is 3.91. The summed E-state index contributed by atoms with van der Waals surface area (Å²) in [6.45, 7) is 2.07. The minimum Gasteiger partial charge on any atom is -0.383 e. The fraction of sp³-hybridized carbons (Fsp3) is 0.304. The summed E-state index contributed by atoms with van der Waals surface area (Å²) >= 11 is 0. The number of nitrogens with zero attached hydrogens (tertiary/aromatic N) is 4. The summed E-state index contributed by atoms with van der Waals surface area (Å²) in [6, 6.07) is 14.8. The zero-order valence-electron chi connectivity index (χ0n) is 17.0. The molecular weight excluding hydrogens is 362 g/mol. The van der Waals surface area contributed by atoms with Crippen LogP contribution in [0.25, 0.3) is 33.4 Å². The van der Waals surface area contributed by atoms with Crippen molar-refractivity contribution in [3.8, 4) is 22.4 Å². The third-order valence-electron chi connectivity index (χ3n) is 6.20. The number of rotatable bonds is 3. The number of imidazole rings is 1. The molecule has 0 saturated heterocycles. The predicted molar refractivity (Wildman–Crippen MR) is 117 cm³/mol. The molecule has 0 aliphatic heterocycles. The molecule has 0 amide bonds. The Hall–Kier alpha value is -3.28. The van der Waals surface area contributed by atoms with Gasteiger partial charge in [0.25, 0.3) is 0 Å². The normalized spacial score (nSPS) is 14.4. The highest BCUT2D eigenvalue weighted by atomic mass is 16.1. The molecule has 2 aromatic carbocycles. The van der Waals surface area contributed by atoms with Crippen molar-refractivity contribution in [3.63, 3.8) is 0 Å². The largest absolute Gasteiger partial charge is 0.383 e. The lowest BCUT2D eigenvalue weighted by molar-refractivity contribution is 0.312. The Labute approximate surface area is 169 Å². The van der Waals surface area contributed by atoms with E-state index in [0.717, 1.165) is 46.3 Å². The average molecular weight is 387 g/mol. The number of hydrogen-bond acceptors (Lipinski definition) is 3. The van der Waals surface area contributed by atoms with Gasteiger partial charge in [0.15, 0.2) is 0 Å². The van der Waals surface area contributed by atoms with E-state index in [1.54, 1.807) is 9.25 Å². The lowest BCUT2D eigenvalue weighted by Crippen LogP contribution is -2.29. The second-order valence-electron chi connectivity index (χ2n) is 8.10. The summed E-state index contributed by atoms with van der Waals surface area (Å²) in [6.07, 6.45) is 3.35. The van der Waals surface area contributed by atoms with Crippen LogP contribution in [0.2, 0.25) is 0 Å². The van der Waals surface area contributed by atoms with Gasteiger partial charge in [-0.3, -0.25) is 13.8 Å². The lowest BCUT2D eigenvalue weighted by atomic mass is 9.92. The molecule has 6 heteroatoms. The van der Waals surface area contributed by atoms with Gasteiger partial charge in [0.05, 0.1) is 16.6 Å². The van der Waals surface area contributed by atoms with Crippen LogP contribution in [0, 0.1) is 6.92 Å². The van der Waals surface area contributed by atoms with Gasteiger partial charge < -0.3 is 5.73 Å². The van der Waals surface area contributed by atoms with Crippen molar-refractivity contribution in [2.45, 2.75) is 32.2 Å². The summed E-state index contributed by atoms with van der Waals surface area (Å²) in [5, 5.41) is 4.69. The number of aromatic nitrogens is 4. The van der Waals surface area contributed by atoms with E-state index in [4.69, 9.17) is 10.8 Å². The van der Waals surface area contributed by atoms with Crippen LogP contribution in [0.4, 0.5) is 5.82 Å². The monoisotopic (exact) mass is 387 g/mol. The molecular formula is C23H25N5O. The first kappa shape index (κ1) is 17.8. The van der Waals surface area contributed by atoms with Gasteiger partial charge in [-0.25, -0.2) is 4.79 Å². The van der Waals surface area contributed by atoms with Crippen LogP contribution >= 0.6 is 0 Å². The molecule has 6 nitrogen and oxygen atoms in total. The van der Waals surface area contributed by atoms with Crippen molar-refractivity contribution < 1.29 is 0 Å². The zero-order chi connectivity index (χ0) is 20.3. The number of benzene rings is 2. The van der Waals surface area contributed by atoms with Crippen LogP contribution in [0.5, 0.6) is 0 Å². The summed E-state index contributed by atoms with van der Waals surface area (Å²) < 4.78 is 5.42. The van der Waals surface area contributed by atoms with Crippen LogP contribution < -0.4 is 11.4 Å². The first-order chi connectivity index (χ1) is 14.0. The highest BCUT2D eigenvalue weighted by molar-refractivity contribution is 5.92. The third-order valence-corrected chi connectivity index (χ3v) is 6.20. The number of anilines is 1. The molecule has 1 fully saturated rings. The van der Waals surface area contributed by atoms with Crippen LogP contribution in [-0.2, 0) is 14.1 Å². The van der Waals surface area contributed by atoms with E-state index in [0.29, 0.717) is 11.9 Å². The molecule has 0 unspecified atom stereocenters. The van der Waals surface area contributed by atoms with Gasteiger partial charge in [-0.2, -0.15) is 5.10 Å². The van der Waals surface area contributed by atoms with E-state index >= 15 is 0 Å². The lowest BCUT2D eigenvalue weighted by Gasteiger charge is -2.26. The Bertz CT molecular complexity index is 1300. The molecule has 0 spiro atoms. The van der Waals surface area contributed by atoms with Gasteiger partial charge in [0, 0.05) is 25.7 Å². The van der Waals surface area contributed by atoms with E-state index in [2.05, 4.69) is 43.3 Å². The first-order valence-electron chi connectivity index (χ1n) is 10.1. The molecule has 2 heterocycles. The highest BCUT2D eigenvalue weighted by Gasteiger charge is 2.25. The third kappa shape index (κ3) is 2.63. The molecule has 4 aromatic rings. The van der Waals surface area contributed by atoms with Gasteiger partial charge in [0.2, 0.25) is 0 Å². The fourth-order valence-electron chi connectivity index (χ4n) is 4.33. The average Bonchev–Trinajstić information content (AvgIpc) is 3.09. The summed E-state index contributed by atoms with van der Waals surface area (Å²) in [4.78, 5) is 12.9. The topological polar surface area (TPSA) is 70.8 Å². The van der Waals surface area contributed by atoms with Gasteiger partial charge in [-0.1, -0.05) is 29.8 Å². The van der Waals surface area contributed by atoms with Crippen LogP contribution in [0.1, 0.15) is 30.9 Å². The molecule has 1 aliphatic carbocycles. The van der Waals surface area contributed by atoms with Gasteiger partial charge in [-0.15, -0.1) is 0 Å². The SMILES string of the molecule is Cc1cccc(-c2nn(C)c(N)c2-c2ccc3c(c2)n(C)c(=O)n3C2CCC2)c1. The summed E-state index contributed by atoms with van der Waals surface area (Å²) in [5.74, 6) is 0.615. The fourth-order valence-corrected chi connectivity index (χ4v) is 4.33. The van der Waals surface area contributed by atoms with Crippen LogP contribution in [-0.4, -0.2) is 18.9 Å². The van der Waals surface area contributed by atoms with Gasteiger partial charge in [0.1, 0.15) is 11.5 Å². The maximum Gasteiger partial charge on any atom is 0.329 e. The molecule has 29 heavy (non-hydrogen) atoms. The number of fused-ring (bicyclic) bond motifs is 1. The highest BCUT2D eigenvalue weighted by Crippen LogP contribution is 2.38. The Morgan fingerprint density at radius 2 is 1.83 bits per heavy atom. The number of nitrogens with two attached hydrogens (primary N) is 1. The number of hydrogen-bond donors (Lipinski definition) is 1. The van der Waals surface area contributed by atoms with E-state index < -0.39 is 0 Å². The summed E-state index contributed by atoms with van der Waals surface area (Å²) in [5.41, 5.74) is 13.4. The van der Waals surface area contributed by atoms with E-state index in [9.17, 15) is 4.79 Å². The molecule has 0 bridgehead atoms. The molecule has 1 saturated carbocycles. The van der Waals surface area contributed by atoms with Crippen molar-refractivity contribution >= 4 is 16.9 Å². The molecule has 148 valence electrons. The number of aryl methyl sites for hydroxylation is 3. The van der Waals surface area contributed by atoms with Crippen LogP contribution in [0.3, 0.4) is 0 Å². The van der Waals surface area contributed by atoms with Crippen molar-refractivity contribution in [3.05, 3.63) is 58.5 Å². The molecule has 0 radical (unpaired) electrons. The maximum atomic E-state index is 12.9. The Morgan fingerprint density at radius 3 is 2.52 bits per heavy atom. The van der Waals surface area contributed by atoms with Crippen molar-refractivity contribution in [2.24, 2.45) is 14.1 Å². The quantitative estimate of drug-likeness (QED) is 0.577. The standard InChI is InChI=1S/C23H25N5O/c1-14-6-4-7-16(12-14)21-20(22(24)27(3)25-21)15-10-11-18-19(13-15)26(2)23(29)28(18)17-8-5-9-17/h4,6-7,10-13,17H,5,8-9,24H2,1-3H3. The Morgan fingerprint density at radius 1 is 1.03 bits per heavy atom. The van der Waals surface area contributed by atoms with Crippen molar-refractivity contribution in [2.75, 3.05) is 5.73 Å². The zero-order valence-corrected chi connectivity index (χ0v) is 17.0. The van der Waals surface area contributed by atoms with Crippen molar-refractivity contribution in [1.82, 2.24) is 18.9 Å². The van der Waals surface area contributed by atoms with Crippen LogP contribution in [0.15, 0.2) is 47.3 Å². The maximum absolute atomic E-state index is 12.9. The molecule has 0 atom stereocenters. The minimum absolute atomic E-state index is 0.0555. The second-order valence-corrected chi connectivity index (χ2v) is 8.10. The molecule has 5 rings (SSSR count). The van der Waals surface area contributed by atoms with Crippen molar-refractivity contribution in [1.29, 1.82) is 0 Å². The van der Waals surface area contributed by atoms with Gasteiger partial charge >= 0.3 is 5.69 Å². The second kappa shape index (κ2) is 6.37. The van der Waals surface area contributed by atoms with E-state index in [-0.39, 0.29) is 5.69 Å². The minimum atomic E-state index is 0.0555. The molecule has 2 aromatic heterocycles. The van der Waals surface area contributed by atoms with E-state index in [1.807, 2.05) is 24.7 Å². The molecule has 1 aliphatic rings. The van der Waals surface area contributed by atoms with E-state index in [1.165, 1.54) is 12.0 Å². The smallest absolute Gasteiger partial charge is 0.329 e. The summed E-state index contributed by atoms with van der Waals surface area (Å²) in [7, 11) is 3.71. The predicted octanol–water partition coefficient (Wildman–Crippen LogP) is 4.02. The first-order valence-corrected chi connectivity index (χ1v) is 10.1. The molecule has 2 N–H and O–H groups in total. The Balaban J connectivity index is 1.73.